The van der Waals surface area contributed by atoms with Crippen molar-refractivity contribution in [3.05, 3.63) is 64.4 Å². The first-order valence-corrected chi connectivity index (χ1v) is 7.06. The van der Waals surface area contributed by atoms with Crippen molar-refractivity contribution in [2.24, 2.45) is 5.84 Å². The SMILES string of the molecule is CN(C)c1ccc(C(Cc2ccc(Cl)cc2F)NN)cc1. The summed E-state index contributed by atoms with van der Waals surface area (Å²) >= 11 is 5.77. The van der Waals surface area contributed by atoms with Crippen LogP contribution in [0.15, 0.2) is 42.5 Å². The van der Waals surface area contributed by atoms with Gasteiger partial charge in [0.05, 0.1) is 6.04 Å². The van der Waals surface area contributed by atoms with E-state index in [2.05, 4.69) is 5.43 Å². The molecule has 21 heavy (non-hydrogen) atoms. The second-order valence-electron chi connectivity index (χ2n) is 5.15. The minimum Gasteiger partial charge on any atom is -0.378 e. The van der Waals surface area contributed by atoms with Crippen molar-refractivity contribution in [2.45, 2.75) is 12.5 Å². The molecule has 3 nitrogen and oxygen atoms in total. The second kappa shape index (κ2) is 6.89. The predicted octanol–water partition coefficient (Wildman–Crippen LogP) is 3.29. The summed E-state index contributed by atoms with van der Waals surface area (Å²) in [6, 6.07) is 12.5. The normalized spacial score (nSPS) is 12.2. The van der Waals surface area contributed by atoms with Gasteiger partial charge in [-0.1, -0.05) is 29.8 Å². The van der Waals surface area contributed by atoms with Crippen LogP contribution < -0.4 is 16.2 Å². The van der Waals surface area contributed by atoms with E-state index in [-0.39, 0.29) is 11.9 Å². The van der Waals surface area contributed by atoms with Crippen molar-refractivity contribution < 1.29 is 4.39 Å². The number of nitrogens with zero attached hydrogens (tertiary/aromatic N) is 1. The minimum atomic E-state index is -0.312. The van der Waals surface area contributed by atoms with Crippen LogP contribution in [0.4, 0.5) is 10.1 Å². The number of nitrogens with two attached hydrogens (primary N) is 1. The number of rotatable bonds is 5. The van der Waals surface area contributed by atoms with Gasteiger partial charge in [-0.05, 0) is 41.8 Å². The number of hydrogen-bond donors (Lipinski definition) is 2. The summed E-state index contributed by atoms with van der Waals surface area (Å²) in [5.41, 5.74) is 5.44. The molecule has 1 atom stereocenters. The molecule has 2 rings (SSSR count). The van der Waals surface area contributed by atoms with E-state index in [4.69, 9.17) is 17.4 Å². The minimum absolute atomic E-state index is 0.156. The molecule has 0 aliphatic rings. The van der Waals surface area contributed by atoms with Gasteiger partial charge in [-0.3, -0.25) is 11.3 Å². The summed E-state index contributed by atoms with van der Waals surface area (Å²) < 4.78 is 13.9. The molecule has 112 valence electrons. The molecule has 0 aliphatic heterocycles. The largest absolute Gasteiger partial charge is 0.378 e. The lowest BCUT2D eigenvalue weighted by atomic mass is 9.99. The van der Waals surface area contributed by atoms with E-state index in [1.165, 1.54) is 6.07 Å². The van der Waals surface area contributed by atoms with Gasteiger partial charge in [0.25, 0.3) is 0 Å². The Balaban J connectivity index is 2.19. The van der Waals surface area contributed by atoms with Gasteiger partial charge in [0, 0.05) is 24.8 Å². The molecule has 5 heteroatoms. The third-order valence-electron chi connectivity index (χ3n) is 3.45. The fraction of sp³-hybridized carbons (Fsp3) is 0.250. The monoisotopic (exact) mass is 307 g/mol. The van der Waals surface area contributed by atoms with Crippen molar-refractivity contribution in [2.75, 3.05) is 19.0 Å². The van der Waals surface area contributed by atoms with Gasteiger partial charge in [0.15, 0.2) is 0 Å². The molecule has 0 aliphatic carbocycles. The fourth-order valence-corrected chi connectivity index (χ4v) is 2.34. The highest BCUT2D eigenvalue weighted by atomic mass is 35.5. The van der Waals surface area contributed by atoms with Crippen LogP contribution in [0.1, 0.15) is 17.2 Å². The van der Waals surface area contributed by atoms with Gasteiger partial charge in [-0.15, -0.1) is 0 Å². The number of halogens is 2. The van der Waals surface area contributed by atoms with Crippen molar-refractivity contribution in [1.82, 2.24) is 5.43 Å². The Bertz CT molecular complexity index is 599. The first-order chi connectivity index (χ1) is 10.0. The molecule has 0 fully saturated rings. The summed E-state index contributed by atoms with van der Waals surface area (Å²) in [5.74, 6) is 5.31. The molecule has 0 amide bonds. The molecule has 2 aromatic carbocycles. The standard InChI is InChI=1S/C16H19ClFN3/c1-21(2)14-7-4-11(5-8-14)16(20-19)9-12-3-6-13(17)10-15(12)18/h3-8,10,16,20H,9,19H2,1-2H3. The fourth-order valence-electron chi connectivity index (χ4n) is 2.18. The van der Waals surface area contributed by atoms with Crippen LogP contribution in [-0.4, -0.2) is 14.1 Å². The van der Waals surface area contributed by atoms with Crippen LogP contribution in [0.5, 0.6) is 0 Å². The smallest absolute Gasteiger partial charge is 0.127 e. The Morgan fingerprint density at radius 1 is 1.19 bits per heavy atom. The number of benzene rings is 2. The van der Waals surface area contributed by atoms with Gasteiger partial charge in [0.1, 0.15) is 5.82 Å². The van der Waals surface area contributed by atoms with Crippen LogP contribution in [0.3, 0.4) is 0 Å². The molecular formula is C16H19ClFN3. The lowest BCUT2D eigenvalue weighted by Gasteiger charge is -2.19. The molecule has 0 heterocycles. The third-order valence-corrected chi connectivity index (χ3v) is 3.69. The van der Waals surface area contributed by atoms with Crippen LogP contribution >= 0.6 is 11.6 Å². The van der Waals surface area contributed by atoms with Gasteiger partial charge in [0.2, 0.25) is 0 Å². The predicted molar refractivity (Wildman–Crippen MR) is 85.9 cm³/mol. The molecule has 0 bridgehead atoms. The Kier molecular flexibility index (Phi) is 5.17. The van der Waals surface area contributed by atoms with Gasteiger partial charge in [-0.25, -0.2) is 4.39 Å². The zero-order valence-corrected chi connectivity index (χ0v) is 12.9. The maximum absolute atomic E-state index is 13.9. The number of hydrogen-bond acceptors (Lipinski definition) is 3. The molecular weight excluding hydrogens is 289 g/mol. The molecule has 0 spiro atoms. The summed E-state index contributed by atoms with van der Waals surface area (Å²) in [4.78, 5) is 2.02. The van der Waals surface area contributed by atoms with Crippen LogP contribution in [0.25, 0.3) is 0 Å². The third kappa shape index (κ3) is 3.94. The van der Waals surface area contributed by atoms with Crippen molar-refractivity contribution in [1.29, 1.82) is 0 Å². The summed E-state index contributed by atoms with van der Waals surface area (Å²) in [7, 11) is 3.97. The highest BCUT2D eigenvalue weighted by Gasteiger charge is 2.13. The van der Waals surface area contributed by atoms with Crippen LogP contribution in [-0.2, 0) is 6.42 Å². The number of hydrazine groups is 1. The average Bonchev–Trinajstić information content (AvgIpc) is 2.47. The molecule has 1 unspecified atom stereocenters. The maximum atomic E-state index is 13.9. The highest BCUT2D eigenvalue weighted by Crippen LogP contribution is 2.23. The average molecular weight is 308 g/mol. The summed E-state index contributed by atoms with van der Waals surface area (Å²) in [6.45, 7) is 0. The first kappa shape index (κ1) is 15.8. The molecule has 3 N–H and O–H groups in total. The Labute approximate surface area is 129 Å². The number of anilines is 1. The lowest BCUT2D eigenvalue weighted by molar-refractivity contribution is 0.529. The van der Waals surface area contributed by atoms with Gasteiger partial charge < -0.3 is 4.90 Å². The molecule has 0 aromatic heterocycles. The van der Waals surface area contributed by atoms with Gasteiger partial charge in [-0.2, -0.15) is 0 Å². The summed E-state index contributed by atoms with van der Waals surface area (Å²) in [5, 5.41) is 0.392. The summed E-state index contributed by atoms with van der Waals surface area (Å²) in [6.07, 6.45) is 0.459. The molecule has 0 saturated heterocycles. The quantitative estimate of drug-likeness (QED) is 0.658. The van der Waals surface area contributed by atoms with E-state index in [1.807, 2.05) is 43.3 Å². The van der Waals surface area contributed by atoms with Crippen molar-refractivity contribution in [3.63, 3.8) is 0 Å². The Morgan fingerprint density at radius 3 is 2.38 bits per heavy atom. The first-order valence-electron chi connectivity index (χ1n) is 6.68. The lowest BCUT2D eigenvalue weighted by Crippen LogP contribution is -2.29. The highest BCUT2D eigenvalue weighted by molar-refractivity contribution is 6.30. The second-order valence-corrected chi connectivity index (χ2v) is 5.58. The van der Waals surface area contributed by atoms with Crippen molar-refractivity contribution in [3.8, 4) is 0 Å². The molecule has 0 saturated carbocycles. The van der Waals surface area contributed by atoms with Crippen LogP contribution in [0.2, 0.25) is 5.02 Å². The topological polar surface area (TPSA) is 41.3 Å². The van der Waals surface area contributed by atoms with E-state index >= 15 is 0 Å². The van der Waals surface area contributed by atoms with E-state index in [9.17, 15) is 4.39 Å². The zero-order valence-electron chi connectivity index (χ0n) is 12.1. The zero-order chi connectivity index (χ0) is 15.4. The van der Waals surface area contributed by atoms with E-state index in [1.54, 1.807) is 12.1 Å². The Hall–Kier alpha value is -1.62. The van der Waals surface area contributed by atoms with E-state index in [0.29, 0.717) is 17.0 Å². The number of nitrogens with one attached hydrogen (secondary N) is 1. The van der Waals surface area contributed by atoms with Gasteiger partial charge >= 0.3 is 0 Å². The van der Waals surface area contributed by atoms with Crippen molar-refractivity contribution >= 4 is 17.3 Å². The van der Waals surface area contributed by atoms with E-state index in [0.717, 1.165) is 11.3 Å². The Morgan fingerprint density at radius 2 is 1.86 bits per heavy atom. The van der Waals surface area contributed by atoms with E-state index < -0.39 is 0 Å². The van der Waals surface area contributed by atoms with Crippen LogP contribution in [0, 0.1) is 5.82 Å². The maximum Gasteiger partial charge on any atom is 0.127 e. The molecule has 2 aromatic rings. The molecule has 0 radical (unpaired) electrons.